The van der Waals surface area contributed by atoms with Crippen molar-refractivity contribution < 1.29 is 0 Å². The molecule has 4 nitrogen and oxygen atoms in total. The molecule has 5 heteroatoms. The molecule has 0 bridgehead atoms. The third-order valence-electron chi connectivity index (χ3n) is 2.17. The van der Waals surface area contributed by atoms with Crippen molar-refractivity contribution in [2.75, 3.05) is 39.1 Å². The van der Waals surface area contributed by atoms with Gasteiger partial charge in [0.05, 0.1) is 5.69 Å². The van der Waals surface area contributed by atoms with Gasteiger partial charge in [0.15, 0.2) is 5.13 Å². The first-order valence-corrected chi connectivity index (χ1v) is 6.01. The van der Waals surface area contributed by atoms with Crippen LogP contribution in [0, 0.1) is 0 Å². The highest BCUT2D eigenvalue weighted by Crippen LogP contribution is 2.18. The highest BCUT2D eigenvalue weighted by Gasteiger charge is 2.05. The SMILES string of the molecule is CN(C)CCCN(C)c1nc(CN)cs1. The first-order chi connectivity index (χ1) is 7.13. The van der Waals surface area contributed by atoms with Gasteiger partial charge in [0.1, 0.15) is 0 Å². The molecule has 0 aromatic carbocycles. The summed E-state index contributed by atoms with van der Waals surface area (Å²) in [4.78, 5) is 8.82. The van der Waals surface area contributed by atoms with Crippen LogP contribution in [-0.2, 0) is 6.54 Å². The second kappa shape index (κ2) is 6.05. The van der Waals surface area contributed by atoms with E-state index in [0.29, 0.717) is 6.54 Å². The van der Waals surface area contributed by atoms with Crippen molar-refractivity contribution >= 4 is 16.5 Å². The number of hydrogen-bond acceptors (Lipinski definition) is 5. The van der Waals surface area contributed by atoms with Gasteiger partial charge in [-0.25, -0.2) is 4.98 Å². The highest BCUT2D eigenvalue weighted by atomic mass is 32.1. The number of nitrogens with zero attached hydrogens (tertiary/aromatic N) is 3. The Kier molecular flexibility index (Phi) is 5.01. The normalized spacial score (nSPS) is 11.0. The Morgan fingerprint density at radius 2 is 2.07 bits per heavy atom. The Balaban J connectivity index is 2.36. The number of aromatic nitrogens is 1. The van der Waals surface area contributed by atoms with Gasteiger partial charge in [-0.15, -0.1) is 11.3 Å². The lowest BCUT2D eigenvalue weighted by Gasteiger charge is -2.17. The van der Waals surface area contributed by atoms with Crippen molar-refractivity contribution in [2.24, 2.45) is 5.73 Å². The number of nitrogens with two attached hydrogens (primary N) is 1. The summed E-state index contributed by atoms with van der Waals surface area (Å²) in [6.07, 6.45) is 1.15. The first-order valence-electron chi connectivity index (χ1n) is 5.14. The van der Waals surface area contributed by atoms with E-state index in [1.807, 2.05) is 5.38 Å². The molecule has 0 aliphatic heterocycles. The molecule has 0 unspecified atom stereocenters. The fraction of sp³-hybridized carbons (Fsp3) is 0.700. The van der Waals surface area contributed by atoms with Crippen LogP contribution < -0.4 is 10.6 Å². The van der Waals surface area contributed by atoms with E-state index >= 15 is 0 Å². The standard InChI is InChI=1S/C10H20N4S/c1-13(2)5-4-6-14(3)10-12-9(7-11)8-15-10/h8H,4-7,11H2,1-3H3. The van der Waals surface area contributed by atoms with E-state index in [2.05, 4.69) is 35.9 Å². The lowest BCUT2D eigenvalue weighted by Crippen LogP contribution is -2.23. The molecule has 0 aliphatic carbocycles. The second-order valence-electron chi connectivity index (χ2n) is 3.90. The van der Waals surface area contributed by atoms with Crippen LogP contribution in [0.25, 0.3) is 0 Å². The van der Waals surface area contributed by atoms with E-state index in [0.717, 1.165) is 30.3 Å². The Morgan fingerprint density at radius 3 is 2.60 bits per heavy atom. The van der Waals surface area contributed by atoms with Crippen LogP contribution in [0.1, 0.15) is 12.1 Å². The van der Waals surface area contributed by atoms with Crippen molar-refractivity contribution in [3.63, 3.8) is 0 Å². The van der Waals surface area contributed by atoms with Crippen LogP contribution >= 0.6 is 11.3 Å². The molecule has 0 atom stereocenters. The molecule has 0 saturated heterocycles. The van der Waals surface area contributed by atoms with Gasteiger partial charge in [-0.3, -0.25) is 0 Å². The molecule has 0 aliphatic rings. The van der Waals surface area contributed by atoms with Crippen molar-refractivity contribution in [3.05, 3.63) is 11.1 Å². The summed E-state index contributed by atoms with van der Waals surface area (Å²) in [5.41, 5.74) is 6.50. The van der Waals surface area contributed by atoms with Crippen LogP contribution in [0.5, 0.6) is 0 Å². The quantitative estimate of drug-likeness (QED) is 0.788. The Labute approximate surface area is 95.7 Å². The van der Waals surface area contributed by atoms with Gasteiger partial charge in [-0.05, 0) is 27.1 Å². The van der Waals surface area contributed by atoms with E-state index in [1.54, 1.807) is 11.3 Å². The summed E-state index contributed by atoms with van der Waals surface area (Å²) in [6.45, 7) is 2.68. The van der Waals surface area contributed by atoms with Crippen molar-refractivity contribution in [3.8, 4) is 0 Å². The molecule has 1 aromatic heterocycles. The van der Waals surface area contributed by atoms with Crippen molar-refractivity contribution in [1.82, 2.24) is 9.88 Å². The maximum Gasteiger partial charge on any atom is 0.185 e. The second-order valence-corrected chi connectivity index (χ2v) is 4.74. The van der Waals surface area contributed by atoms with Crippen LogP contribution in [0.3, 0.4) is 0 Å². The molecular formula is C10H20N4S. The van der Waals surface area contributed by atoms with Crippen molar-refractivity contribution in [1.29, 1.82) is 0 Å². The average molecular weight is 228 g/mol. The predicted molar refractivity (Wildman–Crippen MR) is 66.4 cm³/mol. The third kappa shape index (κ3) is 4.15. The van der Waals surface area contributed by atoms with E-state index < -0.39 is 0 Å². The molecule has 0 radical (unpaired) electrons. The summed E-state index contributed by atoms with van der Waals surface area (Å²) < 4.78 is 0. The van der Waals surface area contributed by atoms with Gasteiger partial charge in [0, 0.05) is 25.5 Å². The van der Waals surface area contributed by atoms with E-state index in [4.69, 9.17) is 5.73 Å². The van der Waals surface area contributed by atoms with Gasteiger partial charge in [-0.2, -0.15) is 0 Å². The van der Waals surface area contributed by atoms with Gasteiger partial charge < -0.3 is 15.5 Å². The van der Waals surface area contributed by atoms with Crippen LogP contribution in [0.2, 0.25) is 0 Å². The molecule has 0 fully saturated rings. The lowest BCUT2D eigenvalue weighted by molar-refractivity contribution is 0.401. The minimum atomic E-state index is 0.530. The topological polar surface area (TPSA) is 45.4 Å². The molecule has 1 rings (SSSR count). The van der Waals surface area contributed by atoms with Crippen LogP contribution in [-0.4, -0.2) is 44.1 Å². The number of thiazole rings is 1. The van der Waals surface area contributed by atoms with Crippen LogP contribution in [0.4, 0.5) is 5.13 Å². The maximum atomic E-state index is 5.52. The maximum absolute atomic E-state index is 5.52. The zero-order valence-electron chi connectivity index (χ0n) is 9.73. The predicted octanol–water partition coefficient (Wildman–Crippen LogP) is 0.990. The fourth-order valence-electron chi connectivity index (χ4n) is 1.29. The summed E-state index contributed by atoms with van der Waals surface area (Å²) in [5, 5.41) is 3.09. The van der Waals surface area contributed by atoms with Crippen molar-refractivity contribution in [2.45, 2.75) is 13.0 Å². The number of hydrogen-bond donors (Lipinski definition) is 1. The molecule has 0 saturated carbocycles. The summed E-state index contributed by atoms with van der Waals surface area (Å²) in [6, 6.07) is 0. The molecule has 1 heterocycles. The smallest absolute Gasteiger partial charge is 0.185 e. The van der Waals surface area contributed by atoms with Gasteiger partial charge in [-0.1, -0.05) is 0 Å². The largest absolute Gasteiger partial charge is 0.351 e. The Hall–Kier alpha value is -0.650. The molecule has 0 amide bonds. The van der Waals surface area contributed by atoms with E-state index in [9.17, 15) is 0 Å². The molecule has 0 spiro atoms. The zero-order chi connectivity index (χ0) is 11.3. The van der Waals surface area contributed by atoms with Crippen LogP contribution in [0.15, 0.2) is 5.38 Å². The van der Waals surface area contributed by atoms with Gasteiger partial charge >= 0.3 is 0 Å². The molecule has 15 heavy (non-hydrogen) atoms. The van der Waals surface area contributed by atoms with E-state index in [-0.39, 0.29) is 0 Å². The Morgan fingerprint density at radius 1 is 1.33 bits per heavy atom. The lowest BCUT2D eigenvalue weighted by atomic mass is 10.4. The zero-order valence-corrected chi connectivity index (χ0v) is 10.5. The summed E-state index contributed by atoms with van der Waals surface area (Å²) in [7, 11) is 6.26. The van der Waals surface area contributed by atoms with Gasteiger partial charge in [0.2, 0.25) is 0 Å². The molecule has 1 aromatic rings. The minimum Gasteiger partial charge on any atom is -0.351 e. The number of rotatable bonds is 6. The summed E-state index contributed by atoms with van der Waals surface area (Å²) in [5.74, 6) is 0. The first kappa shape index (κ1) is 12.4. The highest BCUT2D eigenvalue weighted by molar-refractivity contribution is 7.13. The fourth-order valence-corrected chi connectivity index (χ4v) is 2.12. The average Bonchev–Trinajstić information content (AvgIpc) is 2.65. The Bertz CT molecular complexity index is 285. The third-order valence-corrected chi connectivity index (χ3v) is 3.18. The molecular weight excluding hydrogens is 208 g/mol. The van der Waals surface area contributed by atoms with Gasteiger partial charge in [0.25, 0.3) is 0 Å². The minimum absolute atomic E-state index is 0.530. The molecule has 2 N–H and O–H groups in total. The summed E-state index contributed by atoms with van der Waals surface area (Å²) >= 11 is 1.66. The van der Waals surface area contributed by atoms with E-state index in [1.165, 1.54) is 0 Å². The number of anilines is 1. The monoisotopic (exact) mass is 228 g/mol. The molecule has 86 valence electrons.